The van der Waals surface area contributed by atoms with E-state index < -0.39 is 16.1 Å². The first-order valence-electron chi connectivity index (χ1n) is 6.60. The number of nitrogens with one attached hydrogen (secondary N) is 1. The molecule has 7 heteroatoms. The fourth-order valence-corrected chi connectivity index (χ4v) is 3.13. The van der Waals surface area contributed by atoms with Gasteiger partial charge >= 0.3 is 0 Å². The molecular weight excluding hydrogens is 324 g/mol. The molecule has 120 valence electrons. The summed E-state index contributed by atoms with van der Waals surface area (Å²) in [6.07, 6.45) is 3.14. The minimum Gasteiger partial charge on any atom is -0.334 e. The molecule has 1 rings (SSSR count). The Morgan fingerprint density at radius 1 is 1.27 bits per heavy atom. The van der Waals surface area contributed by atoms with E-state index in [1.807, 2.05) is 0 Å². The fourth-order valence-electron chi connectivity index (χ4n) is 1.80. The summed E-state index contributed by atoms with van der Waals surface area (Å²) in [4.78, 5) is 13.8. The summed E-state index contributed by atoms with van der Waals surface area (Å²) < 4.78 is 26.8. The number of sulfonamides is 1. The normalized spacial score (nSPS) is 12.5. The Morgan fingerprint density at radius 2 is 1.77 bits per heavy atom. The van der Waals surface area contributed by atoms with Crippen LogP contribution in [-0.4, -0.2) is 38.4 Å². The molecule has 1 aromatic rings. The molecule has 0 bridgehead atoms. The molecule has 0 saturated carbocycles. The van der Waals surface area contributed by atoms with Gasteiger partial charge < -0.3 is 4.90 Å². The number of hydrogen-bond acceptors (Lipinski definition) is 3. The third-order valence-corrected chi connectivity index (χ3v) is 4.65. The van der Waals surface area contributed by atoms with Gasteiger partial charge in [0.25, 0.3) is 0 Å². The average Bonchev–Trinajstić information content (AvgIpc) is 2.46. The third kappa shape index (κ3) is 4.98. The summed E-state index contributed by atoms with van der Waals surface area (Å²) in [5, 5.41) is 0.436. The van der Waals surface area contributed by atoms with E-state index >= 15 is 0 Å². The largest absolute Gasteiger partial charge is 0.334 e. The van der Waals surface area contributed by atoms with Crippen LogP contribution in [0.5, 0.6) is 0 Å². The van der Waals surface area contributed by atoms with Gasteiger partial charge in [-0.1, -0.05) is 23.8 Å². The van der Waals surface area contributed by atoms with E-state index in [-0.39, 0.29) is 10.8 Å². The first-order chi connectivity index (χ1) is 10.3. The van der Waals surface area contributed by atoms with Gasteiger partial charge in [-0.15, -0.1) is 13.2 Å². The second-order valence-corrected chi connectivity index (χ2v) is 6.77. The molecule has 1 N–H and O–H groups in total. The predicted molar refractivity (Wildman–Crippen MR) is 88.2 cm³/mol. The monoisotopic (exact) mass is 342 g/mol. The molecule has 0 fully saturated rings. The summed E-state index contributed by atoms with van der Waals surface area (Å²) in [7, 11) is -3.79. The van der Waals surface area contributed by atoms with Crippen LogP contribution in [0.1, 0.15) is 6.92 Å². The van der Waals surface area contributed by atoms with E-state index in [0.717, 1.165) is 0 Å². The number of hydrogen-bond donors (Lipinski definition) is 1. The number of halogens is 1. The van der Waals surface area contributed by atoms with Crippen molar-refractivity contribution in [2.45, 2.75) is 17.9 Å². The molecule has 0 radical (unpaired) electrons. The smallest absolute Gasteiger partial charge is 0.241 e. The molecule has 1 unspecified atom stereocenters. The maximum Gasteiger partial charge on any atom is 0.241 e. The first kappa shape index (κ1) is 18.4. The van der Waals surface area contributed by atoms with Gasteiger partial charge in [0.05, 0.1) is 10.9 Å². The Morgan fingerprint density at radius 3 is 2.23 bits per heavy atom. The molecule has 1 amide bonds. The highest BCUT2D eigenvalue weighted by atomic mass is 35.5. The molecule has 0 aromatic heterocycles. The number of rotatable bonds is 8. The second-order valence-electron chi connectivity index (χ2n) is 4.62. The van der Waals surface area contributed by atoms with Crippen LogP contribution in [0.2, 0.25) is 5.02 Å². The summed E-state index contributed by atoms with van der Waals surface area (Å²) in [5.74, 6) is -0.350. The third-order valence-electron chi connectivity index (χ3n) is 2.84. The number of amides is 1. The van der Waals surface area contributed by atoms with Gasteiger partial charge in [0.2, 0.25) is 15.9 Å². The number of carbonyl (C=O) groups excluding carboxylic acids is 1. The minimum atomic E-state index is -3.79. The molecule has 0 aliphatic carbocycles. The van der Waals surface area contributed by atoms with Crippen LogP contribution in [0.15, 0.2) is 54.5 Å². The molecule has 1 atom stereocenters. The van der Waals surface area contributed by atoms with Crippen molar-refractivity contribution in [2.75, 3.05) is 13.1 Å². The van der Waals surface area contributed by atoms with E-state index in [4.69, 9.17) is 11.6 Å². The van der Waals surface area contributed by atoms with Crippen molar-refractivity contribution in [1.29, 1.82) is 0 Å². The molecule has 1 aromatic carbocycles. The van der Waals surface area contributed by atoms with Gasteiger partial charge in [0.1, 0.15) is 0 Å². The van der Waals surface area contributed by atoms with Crippen molar-refractivity contribution >= 4 is 27.5 Å². The molecule has 0 saturated heterocycles. The molecule has 5 nitrogen and oxygen atoms in total. The number of nitrogens with zero attached hydrogens (tertiary/aromatic N) is 1. The highest BCUT2D eigenvalue weighted by Gasteiger charge is 2.24. The molecule has 0 aliphatic rings. The van der Waals surface area contributed by atoms with Crippen molar-refractivity contribution in [2.24, 2.45) is 0 Å². The molecular formula is C15H19ClN2O3S. The zero-order valence-corrected chi connectivity index (χ0v) is 13.9. The quantitative estimate of drug-likeness (QED) is 0.736. The summed E-state index contributed by atoms with van der Waals surface area (Å²) in [6.45, 7) is 9.28. The predicted octanol–water partition coefficient (Wildman–Crippen LogP) is 2.21. The van der Waals surface area contributed by atoms with Crippen LogP contribution in [0.4, 0.5) is 0 Å². The first-order valence-corrected chi connectivity index (χ1v) is 8.46. The minimum absolute atomic E-state index is 0.0514. The van der Waals surface area contributed by atoms with E-state index in [9.17, 15) is 13.2 Å². The van der Waals surface area contributed by atoms with Crippen molar-refractivity contribution < 1.29 is 13.2 Å². The maximum absolute atomic E-state index is 12.3. The van der Waals surface area contributed by atoms with Gasteiger partial charge in [-0.05, 0) is 31.2 Å². The van der Waals surface area contributed by atoms with Crippen LogP contribution in [-0.2, 0) is 14.8 Å². The summed E-state index contributed by atoms with van der Waals surface area (Å²) >= 11 is 5.73. The molecule has 22 heavy (non-hydrogen) atoms. The molecule has 0 heterocycles. The van der Waals surface area contributed by atoms with E-state index in [1.165, 1.54) is 36.1 Å². The maximum atomic E-state index is 12.3. The van der Waals surface area contributed by atoms with Crippen LogP contribution >= 0.6 is 11.6 Å². The number of carbonyl (C=O) groups is 1. The van der Waals surface area contributed by atoms with Crippen molar-refractivity contribution in [3.63, 3.8) is 0 Å². The Kier molecular flexibility index (Phi) is 6.80. The summed E-state index contributed by atoms with van der Waals surface area (Å²) in [5.41, 5.74) is 0. The Labute approximate surface area is 136 Å². The lowest BCUT2D eigenvalue weighted by Crippen LogP contribution is -2.47. The van der Waals surface area contributed by atoms with Crippen LogP contribution in [0.25, 0.3) is 0 Å². The zero-order valence-electron chi connectivity index (χ0n) is 12.3. The summed E-state index contributed by atoms with van der Waals surface area (Å²) in [6, 6.07) is 4.81. The van der Waals surface area contributed by atoms with Crippen molar-refractivity contribution in [3.05, 3.63) is 54.6 Å². The highest BCUT2D eigenvalue weighted by molar-refractivity contribution is 7.89. The molecule has 0 aliphatic heterocycles. The number of benzene rings is 1. The van der Waals surface area contributed by atoms with Gasteiger partial charge in [-0.25, -0.2) is 8.42 Å². The highest BCUT2D eigenvalue weighted by Crippen LogP contribution is 2.14. The van der Waals surface area contributed by atoms with Gasteiger partial charge in [-0.3, -0.25) is 4.79 Å². The fraction of sp³-hybridized carbons (Fsp3) is 0.267. The topological polar surface area (TPSA) is 66.5 Å². The van der Waals surface area contributed by atoms with Gasteiger partial charge in [-0.2, -0.15) is 4.72 Å². The van der Waals surface area contributed by atoms with Crippen molar-refractivity contribution in [1.82, 2.24) is 9.62 Å². The lowest BCUT2D eigenvalue weighted by atomic mass is 10.3. The Hall–Kier alpha value is -1.63. The van der Waals surface area contributed by atoms with Crippen molar-refractivity contribution in [3.8, 4) is 0 Å². The van der Waals surface area contributed by atoms with Gasteiger partial charge in [0.15, 0.2) is 0 Å². The lowest BCUT2D eigenvalue weighted by Gasteiger charge is -2.23. The second kappa shape index (κ2) is 8.12. The van der Waals surface area contributed by atoms with E-state index in [1.54, 1.807) is 12.2 Å². The standard InChI is InChI=1S/C15H19ClN2O3S/c1-4-10-18(11-5-2)15(19)12(3)17-22(20,21)14-8-6-13(16)7-9-14/h4-9,12,17H,1-2,10-11H2,3H3. The average molecular weight is 343 g/mol. The lowest BCUT2D eigenvalue weighted by molar-refractivity contribution is -0.131. The van der Waals surface area contributed by atoms with E-state index in [2.05, 4.69) is 17.9 Å². The van der Waals surface area contributed by atoms with Crippen LogP contribution in [0, 0.1) is 0 Å². The zero-order chi connectivity index (χ0) is 16.8. The van der Waals surface area contributed by atoms with Gasteiger partial charge in [0, 0.05) is 18.1 Å². The molecule has 0 spiro atoms. The SMILES string of the molecule is C=CCN(CC=C)C(=O)C(C)NS(=O)(=O)c1ccc(Cl)cc1. The van der Waals surface area contributed by atoms with Crippen LogP contribution < -0.4 is 4.72 Å². The Bertz CT molecular complexity index is 631. The van der Waals surface area contributed by atoms with Crippen LogP contribution in [0.3, 0.4) is 0 Å². The van der Waals surface area contributed by atoms with E-state index in [0.29, 0.717) is 18.1 Å². The Balaban J connectivity index is 2.87.